The lowest BCUT2D eigenvalue weighted by molar-refractivity contribution is 0.102. The van der Waals surface area contributed by atoms with E-state index in [1.807, 2.05) is 12.1 Å². The molecule has 0 atom stereocenters. The highest BCUT2D eigenvalue weighted by Gasteiger charge is 2.04. The normalized spacial score (nSPS) is 10.6. The molecule has 0 aliphatic rings. The highest BCUT2D eigenvalue weighted by Crippen LogP contribution is 2.12. The van der Waals surface area contributed by atoms with Gasteiger partial charge in [0.2, 0.25) is 0 Å². The molecule has 2 rings (SSSR count). The summed E-state index contributed by atoms with van der Waals surface area (Å²) in [7, 11) is 0. The first-order valence-electron chi connectivity index (χ1n) is 5.74. The van der Waals surface area contributed by atoms with Crippen LogP contribution >= 0.6 is 15.9 Å². The molecule has 0 saturated carbocycles. The molecule has 2 nitrogen and oxygen atoms in total. The van der Waals surface area contributed by atoms with Crippen LogP contribution in [0.15, 0.2) is 71.2 Å². The van der Waals surface area contributed by atoms with Crippen LogP contribution in [-0.4, -0.2) is 11.6 Å². The Morgan fingerprint density at radius 3 is 2.00 bits per heavy atom. The van der Waals surface area contributed by atoms with Crippen LogP contribution in [0.4, 0.5) is 0 Å². The second-order valence-corrected chi connectivity index (χ2v) is 4.85. The third-order valence-corrected chi connectivity index (χ3v) is 3.05. The Morgan fingerprint density at radius 2 is 1.37 bits per heavy atom. The van der Waals surface area contributed by atoms with E-state index in [9.17, 15) is 9.59 Å². The number of ketones is 2. The molecule has 19 heavy (non-hydrogen) atoms. The maximum absolute atomic E-state index is 11.9. The minimum atomic E-state index is -0.189. The van der Waals surface area contributed by atoms with E-state index in [0.717, 1.165) is 4.47 Å². The first-order valence-corrected chi connectivity index (χ1v) is 6.53. The number of benzene rings is 2. The van der Waals surface area contributed by atoms with E-state index in [2.05, 4.69) is 15.9 Å². The van der Waals surface area contributed by atoms with Crippen molar-refractivity contribution < 1.29 is 9.59 Å². The van der Waals surface area contributed by atoms with Crippen LogP contribution in [0.2, 0.25) is 0 Å². The Labute approximate surface area is 119 Å². The number of rotatable bonds is 4. The SMILES string of the molecule is O=C(C=CC(=O)c1cccc(Br)c1)c1ccccc1. The van der Waals surface area contributed by atoms with Crippen molar-refractivity contribution >= 4 is 27.5 Å². The maximum atomic E-state index is 11.9. The number of carbonyl (C=O) groups is 2. The molecule has 0 saturated heterocycles. The number of carbonyl (C=O) groups excluding carboxylic acids is 2. The molecule has 94 valence electrons. The molecule has 0 fully saturated rings. The average Bonchev–Trinajstić information content (AvgIpc) is 2.45. The number of hydrogen-bond donors (Lipinski definition) is 0. The number of hydrogen-bond acceptors (Lipinski definition) is 2. The lowest BCUT2D eigenvalue weighted by Crippen LogP contribution is -1.98. The molecular formula is C16H11BrO2. The summed E-state index contributed by atoms with van der Waals surface area (Å²) < 4.78 is 0.834. The molecule has 0 radical (unpaired) electrons. The molecule has 0 spiro atoms. The van der Waals surface area contributed by atoms with Crippen molar-refractivity contribution in [3.8, 4) is 0 Å². The molecular weight excluding hydrogens is 304 g/mol. The Hall–Kier alpha value is -2.00. The Balaban J connectivity index is 2.11. The van der Waals surface area contributed by atoms with Crippen molar-refractivity contribution in [2.24, 2.45) is 0 Å². The molecule has 0 heterocycles. The van der Waals surface area contributed by atoms with E-state index in [1.165, 1.54) is 12.2 Å². The standard InChI is InChI=1S/C16H11BrO2/c17-14-8-4-7-13(11-14)16(19)10-9-15(18)12-5-2-1-3-6-12/h1-11H. The van der Waals surface area contributed by atoms with Crippen LogP contribution in [0, 0.1) is 0 Å². The summed E-state index contributed by atoms with van der Waals surface area (Å²) in [4.78, 5) is 23.7. The molecule has 0 aliphatic heterocycles. The molecule has 0 aliphatic carbocycles. The maximum Gasteiger partial charge on any atom is 0.186 e. The summed E-state index contributed by atoms with van der Waals surface area (Å²) in [5, 5.41) is 0. The molecule has 2 aromatic carbocycles. The number of allylic oxidation sites excluding steroid dienone is 2. The van der Waals surface area contributed by atoms with Crippen LogP contribution in [0.5, 0.6) is 0 Å². The van der Waals surface area contributed by atoms with Crippen molar-refractivity contribution in [3.05, 3.63) is 82.3 Å². The highest BCUT2D eigenvalue weighted by molar-refractivity contribution is 9.10. The van der Waals surface area contributed by atoms with Crippen molar-refractivity contribution in [1.29, 1.82) is 0 Å². The van der Waals surface area contributed by atoms with Gasteiger partial charge in [0.1, 0.15) is 0 Å². The fourth-order valence-corrected chi connectivity index (χ4v) is 1.99. The topological polar surface area (TPSA) is 34.1 Å². The van der Waals surface area contributed by atoms with Crippen molar-refractivity contribution in [1.82, 2.24) is 0 Å². The predicted octanol–water partition coefficient (Wildman–Crippen LogP) is 4.07. The van der Waals surface area contributed by atoms with E-state index >= 15 is 0 Å². The molecule has 0 unspecified atom stereocenters. The third kappa shape index (κ3) is 3.73. The molecule has 0 N–H and O–H groups in total. The van der Waals surface area contributed by atoms with E-state index in [0.29, 0.717) is 11.1 Å². The molecule has 2 aromatic rings. The Bertz CT molecular complexity index is 630. The van der Waals surface area contributed by atoms with Gasteiger partial charge >= 0.3 is 0 Å². The molecule has 0 bridgehead atoms. The van der Waals surface area contributed by atoms with E-state index in [4.69, 9.17) is 0 Å². The summed E-state index contributed by atoms with van der Waals surface area (Å²) in [5.41, 5.74) is 1.12. The van der Waals surface area contributed by atoms with Crippen LogP contribution < -0.4 is 0 Å². The predicted molar refractivity (Wildman–Crippen MR) is 78.4 cm³/mol. The summed E-state index contributed by atoms with van der Waals surface area (Å²) in [6.07, 6.45) is 2.61. The monoisotopic (exact) mass is 314 g/mol. The van der Waals surface area contributed by atoms with Gasteiger partial charge in [-0.25, -0.2) is 0 Å². The largest absolute Gasteiger partial charge is 0.289 e. The van der Waals surface area contributed by atoms with Gasteiger partial charge in [-0.15, -0.1) is 0 Å². The molecule has 0 amide bonds. The van der Waals surface area contributed by atoms with E-state index < -0.39 is 0 Å². The summed E-state index contributed by atoms with van der Waals surface area (Å²) in [5.74, 6) is -0.366. The fraction of sp³-hybridized carbons (Fsp3) is 0. The third-order valence-electron chi connectivity index (χ3n) is 2.55. The minimum absolute atomic E-state index is 0.177. The summed E-state index contributed by atoms with van der Waals surface area (Å²) in [6, 6.07) is 15.9. The van der Waals surface area contributed by atoms with Gasteiger partial charge in [0.25, 0.3) is 0 Å². The molecule has 0 aromatic heterocycles. The first kappa shape index (κ1) is 13.4. The lowest BCUT2D eigenvalue weighted by Gasteiger charge is -1.97. The summed E-state index contributed by atoms with van der Waals surface area (Å²) in [6.45, 7) is 0. The van der Waals surface area contributed by atoms with Crippen LogP contribution in [-0.2, 0) is 0 Å². The zero-order chi connectivity index (χ0) is 13.7. The van der Waals surface area contributed by atoms with Gasteiger partial charge in [0.05, 0.1) is 0 Å². The zero-order valence-corrected chi connectivity index (χ0v) is 11.6. The van der Waals surface area contributed by atoms with Crippen LogP contribution in [0.1, 0.15) is 20.7 Å². The van der Waals surface area contributed by atoms with Gasteiger partial charge in [-0.3, -0.25) is 9.59 Å². The molecule has 3 heteroatoms. The average molecular weight is 315 g/mol. The van der Waals surface area contributed by atoms with Crippen molar-refractivity contribution in [2.45, 2.75) is 0 Å². The van der Waals surface area contributed by atoms with Gasteiger partial charge in [0, 0.05) is 15.6 Å². The minimum Gasteiger partial charge on any atom is -0.289 e. The van der Waals surface area contributed by atoms with Gasteiger partial charge in [-0.2, -0.15) is 0 Å². The second kappa shape index (κ2) is 6.25. The van der Waals surface area contributed by atoms with E-state index in [1.54, 1.807) is 42.5 Å². The van der Waals surface area contributed by atoms with E-state index in [-0.39, 0.29) is 11.6 Å². The van der Waals surface area contributed by atoms with Crippen molar-refractivity contribution in [3.63, 3.8) is 0 Å². The fourth-order valence-electron chi connectivity index (χ4n) is 1.59. The van der Waals surface area contributed by atoms with Crippen molar-refractivity contribution in [2.75, 3.05) is 0 Å². The smallest absolute Gasteiger partial charge is 0.186 e. The van der Waals surface area contributed by atoms with Crippen LogP contribution in [0.3, 0.4) is 0 Å². The Morgan fingerprint density at radius 1 is 0.789 bits per heavy atom. The zero-order valence-electron chi connectivity index (χ0n) is 10.0. The van der Waals surface area contributed by atoms with Crippen LogP contribution in [0.25, 0.3) is 0 Å². The van der Waals surface area contributed by atoms with Gasteiger partial charge < -0.3 is 0 Å². The summed E-state index contributed by atoms with van der Waals surface area (Å²) >= 11 is 3.30. The van der Waals surface area contributed by atoms with Gasteiger partial charge in [0.15, 0.2) is 11.6 Å². The number of halogens is 1. The lowest BCUT2D eigenvalue weighted by atomic mass is 10.1. The van der Waals surface area contributed by atoms with Gasteiger partial charge in [-0.05, 0) is 24.3 Å². The quantitative estimate of drug-likeness (QED) is 0.629. The van der Waals surface area contributed by atoms with Gasteiger partial charge in [-0.1, -0.05) is 58.4 Å². The highest BCUT2D eigenvalue weighted by atomic mass is 79.9. The second-order valence-electron chi connectivity index (χ2n) is 3.94. The first-order chi connectivity index (χ1) is 9.16. The Kier molecular flexibility index (Phi) is 4.42.